The van der Waals surface area contributed by atoms with Gasteiger partial charge in [0.2, 0.25) is 0 Å². The van der Waals surface area contributed by atoms with Crippen LogP contribution in [0.1, 0.15) is 20.8 Å². The van der Waals surface area contributed by atoms with Crippen LogP contribution < -0.4 is 0 Å². The van der Waals surface area contributed by atoms with Crippen molar-refractivity contribution in [3.05, 3.63) is 17.6 Å². The van der Waals surface area contributed by atoms with Gasteiger partial charge in [-0.3, -0.25) is 4.68 Å². The van der Waals surface area contributed by atoms with Crippen molar-refractivity contribution >= 4 is 21.6 Å². The van der Waals surface area contributed by atoms with E-state index in [-0.39, 0.29) is 5.54 Å². The molecule has 0 aliphatic carbocycles. The van der Waals surface area contributed by atoms with Gasteiger partial charge in [0.15, 0.2) is 0 Å². The Morgan fingerprint density at radius 3 is 2.75 bits per heavy atom. The summed E-state index contributed by atoms with van der Waals surface area (Å²) in [6.07, 6.45) is 2.11. The SMILES string of the molecule is CC(C)(C)n1cc2sccc2n1. The van der Waals surface area contributed by atoms with Crippen molar-refractivity contribution in [3.63, 3.8) is 0 Å². The van der Waals surface area contributed by atoms with Gasteiger partial charge in [0.25, 0.3) is 0 Å². The topological polar surface area (TPSA) is 17.8 Å². The maximum Gasteiger partial charge on any atom is 0.103 e. The fraction of sp³-hybridized carbons (Fsp3) is 0.444. The maximum atomic E-state index is 4.47. The molecule has 0 saturated heterocycles. The Morgan fingerprint density at radius 2 is 2.17 bits per heavy atom. The van der Waals surface area contributed by atoms with Crippen LogP contribution in [0.2, 0.25) is 0 Å². The maximum absolute atomic E-state index is 4.47. The van der Waals surface area contributed by atoms with Crippen molar-refractivity contribution in [2.24, 2.45) is 0 Å². The van der Waals surface area contributed by atoms with Gasteiger partial charge in [0.1, 0.15) is 5.52 Å². The predicted octanol–water partition coefficient (Wildman–Crippen LogP) is 2.85. The first-order valence-electron chi connectivity index (χ1n) is 4.01. The highest BCUT2D eigenvalue weighted by molar-refractivity contribution is 7.17. The van der Waals surface area contributed by atoms with E-state index in [1.54, 1.807) is 11.3 Å². The molecule has 0 bridgehead atoms. The van der Waals surface area contributed by atoms with Crippen molar-refractivity contribution in [2.75, 3.05) is 0 Å². The molecule has 64 valence electrons. The summed E-state index contributed by atoms with van der Waals surface area (Å²) >= 11 is 1.74. The van der Waals surface area contributed by atoms with Gasteiger partial charge < -0.3 is 0 Å². The minimum Gasteiger partial charge on any atom is -0.265 e. The van der Waals surface area contributed by atoms with Crippen molar-refractivity contribution in [1.82, 2.24) is 9.78 Å². The molecule has 0 unspecified atom stereocenters. The smallest absolute Gasteiger partial charge is 0.103 e. The Labute approximate surface area is 75.8 Å². The zero-order chi connectivity index (χ0) is 8.77. The summed E-state index contributed by atoms with van der Waals surface area (Å²) in [6, 6.07) is 2.06. The molecule has 0 radical (unpaired) electrons. The number of rotatable bonds is 0. The Morgan fingerprint density at radius 1 is 1.42 bits per heavy atom. The van der Waals surface area contributed by atoms with Crippen molar-refractivity contribution in [2.45, 2.75) is 26.3 Å². The summed E-state index contributed by atoms with van der Waals surface area (Å²) in [7, 11) is 0. The molecule has 0 aliphatic rings. The summed E-state index contributed by atoms with van der Waals surface area (Å²) in [5.41, 5.74) is 1.20. The van der Waals surface area contributed by atoms with Crippen LogP contribution in [0, 0.1) is 0 Å². The van der Waals surface area contributed by atoms with E-state index in [0.29, 0.717) is 0 Å². The highest BCUT2D eigenvalue weighted by atomic mass is 32.1. The van der Waals surface area contributed by atoms with Crippen LogP contribution in [-0.2, 0) is 5.54 Å². The second-order valence-electron chi connectivity index (χ2n) is 3.91. The van der Waals surface area contributed by atoms with E-state index >= 15 is 0 Å². The first kappa shape index (κ1) is 7.80. The lowest BCUT2D eigenvalue weighted by Crippen LogP contribution is -2.21. The zero-order valence-corrected chi connectivity index (χ0v) is 8.35. The second kappa shape index (κ2) is 2.33. The average molecular weight is 180 g/mol. The van der Waals surface area contributed by atoms with E-state index in [2.05, 4.69) is 43.5 Å². The van der Waals surface area contributed by atoms with Crippen molar-refractivity contribution in [1.29, 1.82) is 0 Å². The number of thiophene rings is 1. The highest BCUT2D eigenvalue weighted by Gasteiger charge is 2.14. The van der Waals surface area contributed by atoms with E-state index in [4.69, 9.17) is 0 Å². The Kier molecular flexibility index (Phi) is 1.51. The van der Waals surface area contributed by atoms with Gasteiger partial charge in [-0.25, -0.2) is 0 Å². The third kappa shape index (κ3) is 1.14. The number of aromatic nitrogens is 2. The third-order valence-electron chi connectivity index (χ3n) is 1.82. The summed E-state index contributed by atoms with van der Waals surface area (Å²) in [5.74, 6) is 0. The Balaban J connectivity index is 2.59. The van der Waals surface area contributed by atoms with Gasteiger partial charge in [-0.1, -0.05) is 0 Å². The molecule has 2 nitrogen and oxygen atoms in total. The predicted molar refractivity (Wildman–Crippen MR) is 52.6 cm³/mol. The Hall–Kier alpha value is -0.830. The standard InChI is InChI=1S/C9H12N2S/c1-9(2,3)11-6-8-7(10-11)4-5-12-8/h4-6H,1-3H3. The van der Waals surface area contributed by atoms with Gasteiger partial charge in [-0.15, -0.1) is 11.3 Å². The molecule has 0 saturated carbocycles. The van der Waals surface area contributed by atoms with Gasteiger partial charge in [0, 0.05) is 6.20 Å². The molecule has 2 aromatic heterocycles. The summed E-state index contributed by atoms with van der Waals surface area (Å²) in [4.78, 5) is 0. The van der Waals surface area contributed by atoms with Gasteiger partial charge in [0.05, 0.1) is 10.2 Å². The lowest BCUT2D eigenvalue weighted by molar-refractivity contribution is 0.358. The summed E-state index contributed by atoms with van der Waals surface area (Å²) in [6.45, 7) is 6.47. The van der Waals surface area contributed by atoms with Crippen LogP contribution in [0.25, 0.3) is 10.2 Å². The molecule has 0 N–H and O–H groups in total. The minimum atomic E-state index is 0.0960. The van der Waals surface area contributed by atoms with Crippen LogP contribution in [0.3, 0.4) is 0 Å². The first-order valence-corrected chi connectivity index (χ1v) is 4.89. The first-order chi connectivity index (χ1) is 5.57. The molecule has 2 heterocycles. The molecular weight excluding hydrogens is 168 g/mol. The van der Waals surface area contributed by atoms with E-state index in [9.17, 15) is 0 Å². The lowest BCUT2D eigenvalue weighted by Gasteiger charge is -2.18. The third-order valence-corrected chi connectivity index (χ3v) is 2.66. The molecule has 2 aromatic rings. The fourth-order valence-corrected chi connectivity index (χ4v) is 1.83. The molecule has 2 rings (SSSR count). The molecular formula is C9H12N2S. The Bertz CT molecular complexity index is 363. The van der Waals surface area contributed by atoms with Gasteiger partial charge in [-0.2, -0.15) is 5.10 Å². The van der Waals surface area contributed by atoms with E-state index in [1.165, 1.54) is 4.70 Å². The zero-order valence-electron chi connectivity index (χ0n) is 7.53. The van der Waals surface area contributed by atoms with Crippen LogP contribution in [0.5, 0.6) is 0 Å². The second-order valence-corrected chi connectivity index (χ2v) is 4.86. The number of hydrogen-bond donors (Lipinski definition) is 0. The van der Waals surface area contributed by atoms with E-state index < -0.39 is 0 Å². The molecule has 0 fully saturated rings. The molecule has 0 amide bonds. The van der Waals surface area contributed by atoms with Crippen LogP contribution in [-0.4, -0.2) is 9.78 Å². The van der Waals surface area contributed by atoms with E-state index in [0.717, 1.165) is 5.52 Å². The minimum absolute atomic E-state index is 0.0960. The fourth-order valence-electron chi connectivity index (χ4n) is 1.09. The molecule has 12 heavy (non-hydrogen) atoms. The molecule has 0 aromatic carbocycles. The molecule has 0 atom stereocenters. The molecule has 3 heteroatoms. The molecule has 0 spiro atoms. The normalized spacial score (nSPS) is 12.6. The largest absolute Gasteiger partial charge is 0.265 e. The van der Waals surface area contributed by atoms with Crippen LogP contribution in [0.15, 0.2) is 17.6 Å². The van der Waals surface area contributed by atoms with Crippen molar-refractivity contribution < 1.29 is 0 Å². The number of hydrogen-bond acceptors (Lipinski definition) is 2. The van der Waals surface area contributed by atoms with Crippen LogP contribution >= 0.6 is 11.3 Å². The quantitative estimate of drug-likeness (QED) is 0.609. The summed E-state index contributed by atoms with van der Waals surface area (Å²) < 4.78 is 3.29. The summed E-state index contributed by atoms with van der Waals surface area (Å²) in [5, 5.41) is 6.55. The van der Waals surface area contributed by atoms with E-state index in [1.807, 2.05) is 4.68 Å². The average Bonchev–Trinajstić information content (AvgIpc) is 2.37. The van der Waals surface area contributed by atoms with Gasteiger partial charge in [-0.05, 0) is 32.2 Å². The van der Waals surface area contributed by atoms with Crippen LogP contribution in [0.4, 0.5) is 0 Å². The lowest BCUT2D eigenvalue weighted by atomic mass is 10.1. The molecule has 0 aliphatic heterocycles. The number of nitrogens with zero attached hydrogens (tertiary/aromatic N) is 2. The van der Waals surface area contributed by atoms with Gasteiger partial charge >= 0.3 is 0 Å². The number of fused-ring (bicyclic) bond motifs is 1. The highest BCUT2D eigenvalue weighted by Crippen LogP contribution is 2.22. The monoisotopic (exact) mass is 180 g/mol. The van der Waals surface area contributed by atoms with Crippen molar-refractivity contribution in [3.8, 4) is 0 Å².